The lowest BCUT2D eigenvalue weighted by Gasteiger charge is -2.24. The predicted molar refractivity (Wildman–Crippen MR) is 106 cm³/mol. The Hall–Kier alpha value is -3.53. The quantitative estimate of drug-likeness (QED) is 0.647. The van der Waals surface area contributed by atoms with Gasteiger partial charge in [0.2, 0.25) is 5.88 Å². The van der Waals surface area contributed by atoms with Crippen LogP contribution in [-0.2, 0) is 0 Å². The lowest BCUT2D eigenvalue weighted by atomic mass is 10.1. The summed E-state index contributed by atoms with van der Waals surface area (Å²) in [5, 5.41) is 5.79. The molecule has 0 bridgehead atoms. The summed E-state index contributed by atoms with van der Waals surface area (Å²) in [6.45, 7) is 1.62. The maximum Gasteiger partial charge on any atom is 0.274 e. The van der Waals surface area contributed by atoms with Crippen LogP contribution in [0.2, 0.25) is 0 Å². The summed E-state index contributed by atoms with van der Waals surface area (Å²) in [5.74, 6) is -3.48. The zero-order chi connectivity index (χ0) is 21.8. The number of nitrogens with zero attached hydrogens (tertiary/aromatic N) is 3. The van der Waals surface area contributed by atoms with Gasteiger partial charge in [-0.3, -0.25) is 4.79 Å². The number of rotatable bonds is 5. The number of amides is 1. The number of anilines is 1. The van der Waals surface area contributed by atoms with E-state index in [1.807, 2.05) is 0 Å². The highest BCUT2D eigenvalue weighted by molar-refractivity contribution is 6.03. The largest absolute Gasteiger partial charge is 0.473 e. The van der Waals surface area contributed by atoms with Crippen LogP contribution < -0.4 is 15.4 Å². The first-order valence-corrected chi connectivity index (χ1v) is 9.62. The van der Waals surface area contributed by atoms with Gasteiger partial charge in [0.25, 0.3) is 5.91 Å². The van der Waals surface area contributed by atoms with Crippen LogP contribution >= 0.6 is 0 Å². The highest BCUT2D eigenvalue weighted by atomic mass is 19.1. The minimum Gasteiger partial charge on any atom is -0.473 e. The molecule has 0 radical (unpaired) electrons. The van der Waals surface area contributed by atoms with Crippen molar-refractivity contribution in [1.82, 2.24) is 20.3 Å². The molecule has 1 saturated heterocycles. The Kier molecular flexibility index (Phi) is 6.08. The van der Waals surface area contributed by atoms with E-state index in [9.17, 15) is 18.0 Å². The van der Waals surface area contributed by atoms with Gasteiger partial charge in [0.1, 0.15) is 47.0 Å². The lowest BCUT2D eigenvalue weighted by molar-refractivity contribution is 0.102. The van der Waals surface area contributed by atoms with Gasteiger partial charge < -0.3 is 15.4 Å². The van der Waals surface area contributed by atoms with E-state index in [0.29, 0.717) is 0 Å². The molecule has 0 unspecified atom stereocenters. The predicted octanol–water partition coefficient (Wildman–Crippen LogP) is 3.34. The van der Waals surface area contributed by atoms with E-state index in [-0.39, 0.29) is 23.4 Å². The zero-order valence-electron chi connectivity index (χ0n) is 16.2. The van der Waals surface area contributed by atoms with E-state index in [1.165, 1.54) is 12.5 Å². The first kappa shape index (κ1) is 20.7. The Balaban J connectivity index is 1.59. The Bertz CT molecular complexity index is 1090. The number of ether oxygens (including phenoxy) is 1. The minimum absolute atomic E-state index is 0.0635. The van der Waals surface area contributed by atoms with Crippen LogP contribution in [0.4, 0.5) is 18.9 Å². The lowest BCUT2D eigenvalue weighted by Crippen LogP contribution is -2.34. The van der Waals surface area contributed by atoms with Gasteiger partial charge in [0, 0.05) is 0 Å². The van der Waals surface area contributed by atoms with Crippen molar-refractivity contribution in [2.24, 2.45) is 0 Å². The number of hydrogen-bond donors (Lipinski definition) is 2. The van der Waals surface area contributed by atoms with Crippen molar-refractivity contribution in [2.45, 2.75) is 18.9 Å². The molecule has 10 heteroatoms. The summed E-state index contributed by atoms with van der Waals surface area (Å²) in [5.41, 5.74) is -1.28. The summed E-state index contributed by atoms with van der Waals surface area (Å²) in [7, 11) is 0. The fraction of sp³-hybridized carbons (Fsp3) is 0.238. The second-order valence-corrected chi connectivity index (χ2v) is 6.89. The van der Waals surface area contributed by atoms with Gasteiger partial charge in [-0.05, 0) is 50.2 Å². The summed E-state index contributed by atoms with van der Waals surface area (Å²) >= 11 is 0. The van der Waals surface area contributed by atoms with Crippen LogP contribution in [0.1, 0.15) is 23.3 Å². The zero-order valence-corrected chi connectivity index (χ0v) is 16.2. The van der Waals surface area contributed by atoms with Gasteiger partial charge in [-0.15, -0.1) is 0 Å². The summed E-state index contributed by atoms with van der Waals surface area (Å²) < 4.78 is 48.3. The van der Waals surface area contributed by atoms with Gasteiger partial charge in [-0.1, -0.05) is 6.07 Å². The topological polar surface area (TPSA) is 89.0 Å². The highest BCUT2D eigenvalue weighted by Crippen LogP contribution is 2.28. The molecule has 7 nitrogen and oxygen atoms in total. The van der Waals surface area contributed by atoms with Crippen molar-refractivity contribution in [3.05, 3.63) is 66.0 Å². The van der Waals surface area contributed by atoms with Crippen LogP contribution in [0.5, 0.6) is 5.88 Å². The third kappa shape index (κ3) is 4.64. The summed E-state index contributed by atoms with van der Waals surface area (Å²) in [6, 6.07) is 5.17. The number of benzene rings is 1. The molecule has 160 valence electrons. The average Bonchev–Trinajstić information content (AvgIpc) is 2.77. The van der Waals surface area contributed by atoms with Crippen molar-refractivity contribution in [3.8, 4) is 17.1 Å². The van der Waals surface area contributed by atoms with Gasteiger partial charge in [-0.2, -0.15) is 4.98 Å². The molecule has 1 aliphatic rings. The number of pyridine rings is 1. The molecule has 2 N–H and O–H groups in total. The average molecular weight is 429 g/mol. The van der Waals surface area contributed by atoms with Crippen LogP contribution in [0.25, 0.3) is 11.3 Å². The van der Waals surface area contributed by atoms with E-state index >= 15 is 0 Å². The van der Waals surface area contributed by atoms with Crippen LogP contribution in [0.3, 0.4) is 0 Å². The third-order valence-electron chi connectivity index (χ3n) is 4.77. The molecule has 1 aliphatic heterocycles. The van der Waals surface area contributed by atoms with Crippen molar-refractivity contribution in [3.63, 3.8) is 0 Å². The van der Waals surface area contributed by atoms with Gasteiger partial charge in [0.15, 0.2) is 0 Å². The molecule has 0 aliphatic carbocycles. The maximum atomic E-state index is 14.3. The molecular formula is C21H18F3N5O2. The minimum atomic E-state index is -0.988. The Morgan fingerprint density at radius 3 is 2.55 bits per heavy atom. The number of carbonyl (C=O) groups is 1. The Morgan fingerprint density at radius 2 is 1.81 bits per heavy atom. The maximum absolute atomic E-state index is 14.3. The SMILES string of the molecule is O=C(Nc1cncnc1OC1CCNCC1)c1ccc(F)c(-c2c(F)cccc2F)n1. The first-order valence-electron chi connectivity index (χ1n) is 9.62. The molecule has 4 rings (SSSR count). The molecule has 1 aromatic carbocycles. The van der Waals surface area contributed by atoms with Gasteiger partial charge in [-0.25, -0.2) is 23.1 Å². The molecule has 0 saturated carbocycles. The van der Waals surface area contributed by atoms with E-state index in [4.69, 9.17) is 4.74 Å². The number of aromatic nitrogens is 3. The normalized spacial score (nSPS) is 14.3. The van der Waals surface area contributed by atoms with Crippen LogP contribution in [0.15, 0.2) is 42.9 Å². The Morgan fingerprint density at radius 1 is 1.06 bits per heavy atom. The highest BCUT2D eigenvalue weighted by Gasteiger charge is 2.21. The van der Waals surface area contributed by atoms with E-state index in [1.54, 1.807) is 0 Å². The van der Waals surface area contributed by atoms with Crippen LogP contribution in [0, 0.1) is 17.5 Å². The number of hydrogen-bond acceptors (Lipinski definition) is 6. The van der Waals surface area contributed by atoms with Crippen molar-refractivity contribution < 1.29 is 22.7 Å². The number of nitrogens with one attached hydrogen (secondary N) is 2. The molecular weight excluding hydrogens is 411 g/mol. The molecule has 1 amide bonds. The summed E-state index contributed by atoms with van der Waals surface area (Å²) in [6.07, 6.45) is 4.17. The third-order valence-corrected chi connectivity index (χ3v) is 4.77. The molecule has 31 heavy (non-hydrogen) atoms. The van der Waals surface area contributed by atoms with E-state index in [0.717, 1.165) is 56.3 Å². The number of piperidine rings is 1. The summed E-state index contributed by atoms with van der Waals surface area (Å²) in [4.78, 5) is 24.5. The standard InChI is InChI=1S/C21H18F3N5O2/c22-13-2-1-3-14(23)18(13)19-15(24)4-5-16(28-19)20(30)29-17-10-26-11-27-21(17)31-12-6-8-25-9-7-12/h1-5,10-12,25H,6-9H2,(H,29,30). The molecule has 3 aromatic rings. The molecule has 2 aromatic heterocycles. The molecule has 1 fully saturated rings. The van der Waals surface area contributed by atoms with Crippen molar-refractivity contribution in [1.29, 1.82) is 0 Å². The van der Waals surface area contributed by atoms with Crippen LogP contribution in [-0.4, -0.2) is 40.1 Å². The second kappa shape index (κ2) is 9.09. The second-order valence-electron chi connectivity index (χ2n) is 6.89. The Labute approximate surface area is 175 Å². The monoisotopic (exact) mass is 429 g/mol. The van der Waals surface area contributed by atoms with E-state index in [2.05, 4.69) is 25.6 Å². The van der Waals surface area contributed by atoms with Gasteiger partial charge >= 0.3 is 0 Å². The fourth-order valence-electron chi connectivity index (χ4n) is 3.22. The molecule has 0 atom stereocenters. The molecule has 3 heterocycles. The fourth-order valence-corrected chi connectivity index (χ4v) is 3.22. The van der Waals surface area contributed by atoms with Gasteiger partial charge in [0.05, 0.1) is 11.8 Å². The number of halogens is 3. The first-order chi connectivity index (χ1) is 15.0. The van der Waals surface area contributed by atoms with E-state index < -0.39 is 34.6 Å². The van der Waals surface area contributed by atoms with Crippen molar-refractivity contribution in [2.75, 3.05) is 18.4 Å². The molecule has 0 spiro atoms. The van der Waals surface area contributed by atoms with Crippen molar-refractivity contribution >= 4 is 11.6 Å². The number of carbonyl (C=O) groups excluding carboxylic acids is 1. The smallest absolute Gasteiger partial charge is 0.274 e.